The predicted molar refractivity (Wildman–Crippen MR) is 109 cm³/mol. The van der Waals surface area contributed by atoms with Gasteiger partial charge in [0.15, 0.2) is 0 Å². The maximum Gasteiger partial charge on any atom is 0.406 e. The van der Waals surface area contributed by atoms with Crippen molar-refractivity contribution in [3.63, 3.8) is 0 Å². The zero-order chi connectivity index (χ0) is 22.3. The number of carbonyl (C=O) groups excluding carboxylic acids is 1. The lowest BCUT2D eigenvalue weighted by atomic mass is 10.2. The van der Waals surface area contributed by atoms with Gasteiger partial charge in [0.1, 0.15) is 18.0 Å². The van der Waals surface area contributed by atoms with Crippen LogP contribution in [0.5, 0.6) is 5.75 Å². The lowest BCUT2D eigenvalue weighted by molar-refractivity contribution is -0.160. The summed E-state index contributed by atoms with van der Waals surface area (Å²) < 4.78 is 46.1. The van der Waals surface area contributed by atoms with Crippen LogP contribution < -0.4 is 4.74 Å². The fourth-order valence-corrected chi connectivity index (χ4v) is 3.59. The van der Waals surface area contributed by atoms with Crippen LogP contribution in [0, 0.1) is 0 Å². The zero-order valence-corrected chi connectivity index (χ0v) is 17.4. The molecule has 0 saturated carbocycles. The number of tetrazole rings is 1. The molecule has 1 aromatic heterocycles. The van der Waals surface area contributed by atoms with Crippen molar-refractivity contribution in [3.05, 3.63) is 60.2 Å². The second-order valence-corrected chi connectivity index (χ2v) is 7.36. The highest BCUT2D eigenvalue weighted by atomic mass is 32.2. The Morgan fingerprint density at radius 3 is 2.55 bits per heavy atom. The molecule has 0 aliphatic carbocycles. The van der Waals surface area contributed by atoms with Crippen LogP contribution in [-0.2, 0) is 11.3 Å². The molecule has 0 aliphatic rings. The van der Waals surface area contributed by atoms with Gasteiger partial charge in [-0.15, -0.1) is 5.10 Å². The number of hydrogen-bond acceptors (Lipinski definition) is 6. The van der Waals surface area contributed by atoms with Crippen LogP contribution in [0.1, 0.15) is 12.5 Å². The number of amides is 1. The largest absolute Gasteiger partial charge is 0.492 e. The van der Waals surface area contributed by atoms with Crippen LogP contribution in [0.2, 0.25) is 0 Å². The van der Waals surface area contributed by atoms with E-state index in [2.05, 4.69) is 15.5 Å². The number of benzene rings is 2. The molecule has 1 heterocycles. The average molecular weight is 451 g/mol. The van der Waals surface area contributed by atoms with E-state index >= 15 is 0 Å². The summed E-state index contributed by atoms with van der Waals surface area (Å²) in [6.45, 7) is 0.802. The van der Waals surface area contributed by atoms with Gasteiger partial charge in [-0.05, 0) is 35.0 Å². The van der Waals surface area contributed by atoms with Crippen LogP contribution in [0.3, 0.4) is 0 Å². The number of hydrogen-bond donors (Lipinski definition) is 0. The number of carbonyl (C=O) groups is 1. The van der Waals surface area contributed by atoms with Crippen molar-refractivity contribution in [3.8, 4) is 11.4 Å². The molecule has 0 saturated heterocycles. The van der Waals surface area contributed by atoms with E-state index in [1.807, 2.05) is 6.92 Å². The van der Waals surface area contributed by atoms with Crippen molar-refractivity contribution in [2.45, 2.75) is 24.8 Å². The minimum Gasteiger partial charge on any atom is -0.492 e. The normalized spacial score (nSPS) is 11.4. The smallest absolute Gasteiger partial charge is 0.406 e. The maximum absolute atomic E-state index is 13.0. The molecule has 3 aromatic rings. The number of ether oxygens (including phenoxy) is 1. The Kier molecular flexibility index (Phi) is 7.50. The summed E-state index contributed by atoms with van der Waals surface area (Å²) in [4.78, 5) is 13.4. The van der Waals surface area contributed by atoms with Gasteiger partial charge in [0.2, 0.25) is 11.1 Å². The van der Waals surface area contributed by atoms with Crippen molar-refractivity contribution in [1.82, 2.24) is 25.1 Å². The summed E-state index contributed by atoms with van der Waals surface area (Å²) in [5, 5.41) is 11.7. The lowest BCUT2D eigenvalue weighted by Gasteiger charge is -2.24. The van der Waals surface area contributed by atoms with E-state index in [0.717, 1.165) is 16.7 Å². The molecular formula is C20H20F3N5O2S. The Bertz CT molecular complexity index is 998. The van der Waals surface area contributed by atoms with Gasteiger partial charge in [-0.1, -0.05) is 54.2 Å². The molecule has 3 rings (SSSR count). The molecule has 164 valence electrons. The fourth-order valence-electron chi connectivity index (χ4n) is 2.80. The molecule has 31 heavy (non-hydrogen) atoms. The van der Waals surface area contributed by atoms with Gasteiger partial charge in [-0.3, -0.25) is 4.79 Å². The number of nitrogens with zero attached hydrogens (tertiary/aromatic N) is 5. The van der Waals surface area contributed by atoms with Crippen molar-refractivity contribution >= 4 is 17.7 Å². The van der Waals surface area contributed by atoms with Gasteiger partial charge in [-0.2, -0.15) is 17.9 Å². The highest BCUT2D eigenvalue weighted by Gasteiger charge is 2.33. The first-order chi connectivity index (χ1) is 14.9. The third-order valence-electron chi connectivity index (χ3n) is 4.10. The highest BCUT2D eigenvalue weighted by Crippen LogP contribution is 2.26. The quantitative estimate of drug-likeness (QED) is 0.462. The third-order valence-corrected chi connectivity index (χ3v) is 5.00. The van der Waals surface area contributed by atoms with Gasteiger partial charge < -0.3 is 9.64 Å². The maximum atomic E-state index is 13.0. The predicted octanol–water partition coefficient (Wildman–Crippen LogP) is 3.74. The standard InChI is InChI=1S/C20H20F3N5O2S/c1-2-30-17-11-7-6-10-16(17)28-19(24-25-26-28)31-13-18(29)27(14-20(21,22)23)12-15-8-4-3-5-9-15/h3-11H,2,12-14H2,1H3. The first-order valence-electron chi connectivity index (χ1n) is 9.39. The lowest BCUT2D eigenvalue weighted by Crippen LogP contribution is -2.39. The molecule has 1 amide bonds. The second-order valence-electron chi connectivity index (χ2n) is 6.41. The number of aromatic nitrogens is 4. The molecule has 11 heteroatoms. The summed E-state index contributed by atoms with van der Waals surface area (Å²) in [7, 11) is 0. The van der Waals surface area contributed by atoms with E-state index in [-0.39, 0.29) is 17.5 Å². The zero-order valence-electron chi connectivity index (χ0n) is 16.6. The van der Waals surface area contributed by atoms with E-state index in [1.165, 1.54) is 4.68 Å². The minimum absolute atomic E-state index is 0.141. The van der Waals surface area contributed by atoms with E-state index in [9.17, 15) is 18.0 Å². The van der Waals surface area contributed by atoms with E-state index in [0.29, 0.717) is 23.6 Å². The van der Waals surface area contributed by atoms with E-state index < -0.39 is 18.6 Å². The average Bonchev–Trinajstić information content (AvgIpc) is 3.20. The molecular weight excluding hydrogens is 431 g/mol. The monoisotopic (exact) mass is 451 g/mol. The number of alkyl halides is 3. The van der Waals surface area contributed by atoms with Crippen LogP contribution >= 0.6 is 11.8 Å². The Balaban J connectivity index is 1.74. The number of halogens is 3. The fraction of sp³-hybridized carbons (Fsp3) is 0.300. The van der Waals surface area contributed by atoms with Gasteiger partial charge >= 0.3 is 6.18 Å². The number of para-hydroxylation sites is 2. The number of rotatable bonds is 9. The van der Waals surface area contributed by atoms with Crippen LogP contribution in [0.4, 0.5) is 13.2 Å². The topological polar surface area (TPSA) is 73.1 Å². The summed E-state index contributed by atoms with van der Waals surface area (Å²) in [6, 6.07) is 15.6. The molecule has 0 spiro atoms. The van der Waals surface area contributed by atoms with E-state index in [4.69, 9.17) is 4.74 Å². The molecule has 0 radical (unpaired) electrons. The van der Waals surface area contributed by atoms with Gasteiger partial charge in [0, 0.05) is 6.54 Å². The SMILES string of the molecule is CCOc1ccccc1-n1nnnc1SCC(=O)N(Cc1ccccc1)CC(F)(F)F. The van der Waals surface area contributed by atoms with E-state index in [1.54, 1.807) is 54.6 Å². The van der Waals surface area contributed by atoms with Crippen molar-refractivity contribution < 1.29 is 22.7 Å². The van der Waals surface area contributed by atoms with Crippen LogP contribution in [-0.4, -0.2) is 56.1 Å². The minimum atomic E-state index is -4.51. The highest BCUT2D eigenvalue weighted by molar-refractivity contribution is 7.99. The molecule has 0 atom stereocenters. The Hall–Kier alpha value is -3.08. The Morgan fingerprint density at radius 1 is 1.13 bits per heavy atom. The molecule has 0 N–H and O–H groups in total. The van der Waals surface area contributed by atoms with Crippen molar-refractivity contribution in [1.29, 1.82) is 0 Å². The molecule has 2 aromatic carbocycles. The molecule has 0 unspecified atom stereocenters. The summed E-state index contributed by atoms with van der Waals surface area (Å²) in [5.74, 6) is -0.368. The summed E-state index contributed by atoms with van der Waals surface area (Å²) in [5.41, 5.74) is 1.18. The van der Waals surface area contributed by atoms with Gasteiger partial charge in [-0.25, -0.2) is 0 Å². The van der Waals surface area contributed by atoms with Crippen molar-refractivity contribution in [2.24, 2.45) is 0 Å². The third kappa shape index (κ3) is 6.45. The van der Waals surface area contributed by atoms with Crippen LogP contribution in [0.15, 0.2) is 59.8 Å². The number of thioether (sulfide) groups is 1. The van der Waals surface area contributed by atoms with Gasteiger partial charge in [0.25, 0.3) is 0 Å². The molecule has 0 fully saturated rings. The first kappa shape index (κ1) is 22.6. The summed E-state index contributed by atoms with van der Waals surface area (Å²) >= 11 is 0.961. The Labute approximate surface area is 181 Å². The molecule has 0 aliphatic heterocycles. The summed E-state index contributed by atoms with van der Waals surface area (Å²) in [6.07, 6.45) is -4.51. The molecule has 7 nitrogen and oxygen atoms in total. The second kappa shape index (κ2) is 10.3. The van der Waals surface area contributed by atoms with Crippen LogP contribution in [0.25, 0.3) is 5.69 Å². The van der Waals surface area contributed by atoms with Gasteiger partial charge in [0.05, 0.1) is 12.4 Å². The molecule has 0 bridgehead atoms. The Morgan fingerprint density at radius 2 is 1.84 bits per heavy atom. The van der Waals surface area contributed by atoms with Crippen molar-refractivity contribution in [2.75, 3.05) is 18.9 Å². The first-order valence-corrected chi connectivity index (χ1v) is 10.4.